The van der Waals surface area contributed by atoms with Gasteiger partial charge in [-0.15, -0.1) is 0 Å². The highest BCUT2D eigenvalue weighted by Crippen LogP contribution is 2.34. The molecular weight excluding hydrogens is 272 g/mol. The maximum Gasteiger partial charge on any atom is 0.271 e. The molecule has 0 atom stereocenters. The van der Waals surface area contributed by atoms with E-state index in [1.165, 1.54) is 6.07 Å². The number of carbonyl (C=O) groups is 1. The van der Waals surface area contributed by atoms with E-state index in [0.29, 0.717) is 26.2 Å². The molecule has 0 spiro atoms. The SMILES string of the molecule is NC1(C(=O)N2CCN(c3cccc([N+](=O)[O-])c3)CC2)CC1. The fourth-order valence-electron chi connectivity index (χ4n) is 2.63. The van der Waals surface area contributed by atoms with Crippen LogP contribution in [0.15, 0.2) is 24.3 Å². The molecule has 1 saturated heterocycles. The van der Waals surface area contributed by atoms with Crippen LogP contribution in [0, 0.1) is 10.1 Å². The fourth-order valence-corrected chi connectivity index (χ4v) is 2.63. The van der Waals surface area contributed by atoms with Crippen molar-refractivity contribution < 1.29 is 9.72 Å². The maximum atomic E-state index is 12.2. The van der Waals surface area contributed by atoms with Crippen molar-refractivity contribution in [1.82, 2.24) is 4.90 Å². The van der Waals surface area contributed by atoms with Crippen LogP contribution >= 0.6 is 0 Å². The molecule has 0 unspecified atom stereocenters. The van der Waals surface area contributed by atoms with Crippen molar-refractivity contribution >= 4 is 17.3 Å². The molecule has 7 heteroatoms. The van der Waals surface area contributed by atoms with E-state index in [9.17, 15) is 14.9 Å². The van der Waals surface area contributed by atoms with E-state index < -0.39 is 10.5 Å². The highest BCUT2D eigenvalue weighted by Gasteiger charge is 2.48. The number of rotatable bonds is 3. The fraction of sp³-hybridized carbons (Fsp3) is 0.500. The molecule has 1 aliphatic carbocycles. The first-order valence-electron chi connectivity index (χ1n) is 7.07. The summed E-state index contributed by atoms with van der Waals surface area (Å²) >= 11 is 0. The summed E-state index contributed by atoms with van der Waals surface area (Å²) in [6.07, 6.45) is 1.55. The first kappa shape index (κ1) is 13.8. The number of anilines is 1. The van der Waals surface area contributed by atoms with E-state index in [2.05, 4.69) is 4.90 Å². The van der Waals surface area contributed by atoms with Gasteiger partial charge in [0.2, 0.25) is 5.91 Å². The van der Waals surface area contributed by atoms with E-state index >= 15 is 0 Å². The lowest BCUT2D eigenvalue weighted by Gasteiger charge is -2.37. The second-order valence-corrected chi connectivity index (χ2v) is 5.71. The summed E-state index contributed by atoms with van der Waals surface area (Å²) in [6.45, 7) is 2.56. The van der Waals surface area contributed by atoms with E-state index in [1.54, 1.807) is 17.0 Å². The van der Waals surface area contributed by atoms with Gasteiger partial charge in [0.05, 0.1) is 10.5 Å². The summed E-state index contributed by atoms with van der Waals surface area (Å²) in [4.78, 5) is 26.5. The molecule has 1 saturated carbocycles. The summed E-state index contributed by atoms with van der Waals surface area (Å²) in [7, 11) is 0. The normalized spacial score (nSPS) is 20.2. The lowest BCUT2D eigenvalue weighted by atomic mass is 10.2. The molecule has 0 aromatic heterocycles. The van der Waals surface area contributed by atoms with E-state index in [1.807, 2.05) is 6.07 Å². The van der Waals surface area contributed by atoms with E-state index in [4.69, 9.17) is 5.73 Å². The zero-order chi connectivity index (χ0) is 15.0. The molecule has 2 N–H and O–H groups in total. The molecule has 112 valence electrons. The number of piperazine rings is 1. The highest BCUT2D eigenvalue weighted by molar-refractivity contribution is 5.89. The molecule has 0 radical (unpaired) electrons. The predicted octanol–water partition coefficient (Wildman–Crippen LogP) is 0.735. The zero-order valence-corrected chi connectivity index (χ0v) is 11.7. The Morgan fingerprint density at radius 1 is 1.24 bits per heavy atom. The molecule has 1 aliphatic heterocycles. The molecule has 1 amide bonds. The Bertz CT molecular complexity index is 577. The van der Waals surface area contributed by atoms with Gasteiger partial charge in [-0.25, -0.2) is 0 Å². The average Bonchev–Trinajstić information content (AvgIpc) is 3.26. The number of nitro benzene ring substituents is 1. The van der Waals surface area contributed by atoms with Gasteiger partial charge in [0, 0.05) is 44.0 Å². The molecular formula is C14H18N4O3. The van der Waals surface area contributed by atoms with Crippen LogP contribution < -0.4 is 10.6 Å². The van der Waals surface area contributed by atoms with Gasteiger partial charge in [0.1, 0.15) is 0 Å². The lowest BCUT2D eigenvalue weighted by molar-refractivity contribution is -0.384. The Morgan fingerprint density at radius 2 is 1.90 bits per heavy atom. The first-order chi connectivity index (χ1) is 9.99. The summed E-state index contributed by atoms with van der Waals surface area (Å²) in [5.74, 6) is 0.0428. The van der Waals surface area contributed by atoms with Crippen molar-refractivity contribution in [2.45, 2.75) is 18.4 Å². The van der Waals surface area contributed by atoms with Gasteiger partial charge in [-0.1, -0.05) is 6.07 Å². The van der Waals surface area contributed by atoms with E-state index in [0.717, 1.165) is 18.5 Å². The molecule has 21 heavy (non-hydrogen) atoms. The Balaban J connectivity index is 1.64. The van der Waals surface area contributed by atoms with Crippen molar-refractivity contribution in [3.63, 3.8) is 0 Å². The maximum absolute atomic E-state index is 12.2. The number of carbonyl (C=O) groups excluding carboxylic acids is 1. The topological polar surface area (TPSA) is 92.7 Å². The van der Waals surface area contributed by atoms with Crippen LogP contribution in [0.3, 0.4) is 0 Å². The second-order valence-electron chi connectivity index (χ2n) is 5.71. The third-order valence-corrected chi connectivity index (χ3v) is 4.19. The van der Waals surface area contributed by atoms with Gasteiger partial charge in [0.25, 0.3) is 5.69 Å². The zero-order valence-electron chi connectivity index (χ0n) is 11.7. The highest BCUT2D eigenvalue weighted by atomic mass is 16.6. The summed E-state index contributed by atoms with van der Waals surface area (Å²) < 4.78 is 0. The van der Waals surface area contributed by atoms with Crippen molar-refractivity contribution in [1.29, 1.82) is 0 Å². The molecule has 2 aliphatic rings. The van der Waals surface area contributed by atoms with Crippen LogP contribution in [-0.2, 0) is 4.79 Å². The van der Waals surface area contributed by atoms with Crippen LogP contribution in [0.5, 0.6) is 0 Å². The molecule has 1 heterocycles. The van der Waals surface area contributed by atoms with Gasteiger partial charge >= 0.3 is 0 Å². The number of nitrogens with zero attached hydrogens (tertiary/aromatic N) is 3. The van der Waals surface area contributed by atoms with Crippen molar-refractivity contribution in [3.8, 4) is 0 Å². The molecule has 2 fully saturated rings. The van der Waals surface area contributed by atoms with Gasteiger partial charge in [-0.05, 0) is 18.9 Å². The third kappa shape index (κ3) is 2.69. The largest absolute Gasteiger partial charge is 0.368 e. The second kappa shape index (κ2) is 5.00. The van der Waals surface area contributed by atoms with Crippen molar-refractivity contribution in [3.05, 3.63) is 34.4 Å². The van der Waals surface area contributed by atoms with Crippen molar-refractivity contribution in [2.24, 2.45) is 5.73 Å². The smallest absolute Gasteiger partial charge is 0.271 e. The minimum absolute atomic E-state index is 0.0428. The van der Waals surface area contributed by atoms with Gasteiger partial charge in [-0.2, -0.15) is 0 Å². The van der Waals surface area contributed by atoms with Crippen molar-refractivity contribution in [2.75, 3.05) is 31.1 Å². The molecule has 3 rings (SSSR count). The molecule has 7 nitrogen and oxygen atoms in total. The molecule has 0 bridgehead atoms. The minimum Gasteiger partial charge on any atom is -0.368 e. The lowest BCUT2D eigenvalue weighted by Crippen LogP contribution is -2.54. The van der Waals surface area contributed by atoms with Gasteiger partial charge in [0.15, 0.2) is 0 Å². The Labute approximate surface area is 122 Å². The number of hydrogen-bond donors (Lipinski definition) is 1. The first-order valence-corrected chi connectivity index (χ1v) is 7.07. The van der Waals surface area contributed by atoms with Crippen LogP contribution in [-0.4, -0.2) is 47.4 Å². The minimum atomic E-state index is -0.617. The Hall–Kier alpha value is -2.15. The number of nitrogens with two attached hydrogens (primary N) is 1. The molecule has 1 aromatic carbocycles. The standard InChI is InChI=1S/C14H18N4O3/c15-14(4-5-14)13(19)17-8-6-16(7-9-17)11-2-1-3-12(10-11)18(20)21/h1-3,10H,4-9,15H2. The Morgan fingerprint density at radius 3 is 2.48 bits per heavy atom. The third-order valence-electron chi connectivity index (χ3n) is 4.19. The van der Waals surface area contributed by atoms with Crippen LogP contribution in [0.4, 0.5) is 11.4 Å². The van der Waals surface area contributed by atoms with Crippen LogP contribution in [0.25, 0.3) is 0 Å². The number of benzene rings is 1. The quantitative estimate of drug-likeness (QED) is 0.654. The predicted molar refractivity (Wildman–Crippen MR) is 78.0 cm³/mol. The molecule has 1 aromatic rings. The van der Waals surface area contributed by atoms with Gasteiger partial charge < -0.3 is 15.5 Å². The van der Waals surface area contributed by atoms with Gasteiger partial charge in [-0.3, -0.25) is 14.9 Å². The summed E-state index contributed by atoms with van der Waals surface area (Å²) in [5, 5.41) is 10.8. The monoisotopic (exact) mass is 290 g/mol. The summed E-state index contributed by atoms with van der Waals surface area (Å²) in [5.41, 5.74) is 6.23. The summed E-state index contributed by atoms with van der Waals surface area (Å²) in [6, 6.07) is 6.59. The number of amides is 1. The number of hydrogen-bond acceptors (Lipinski definition) is 5. The number of non-ortho nitro benzene ring substituents is 1. The number of nitro groups is 1. The Kier molecular flexibility index (Phi) is 3.29. The average molecular weight is 290 g/mol. The van der Waals surface area contributed by atoms with E-state index in [-0.39, 0.29) is 11.6 Å². The van der Waals surface area contributed by atoms with Crippen LogP contribution in [0.1, 0.15) is 12.8 Å². The van der Waals surface area contributed by atoms with Crippen LogP contribution in [0.2, 0.25) is 0 Å².